The summed E-state index contributed by atoms with van der Waals surface area (Å²) in [6.45, 7) is 17.5. The van der Waals surface area contributed by atoms with Crippen molar-refractivity contribution in [1.29, 1.82) is 0 Å². The number of hydrogen-bond donors (Lipinski definition) is 0. The molecule has 0 aromatic rings. The SMILES string of the molecule is CC1=[C-]C(C)C(C)=C1.CC1=[C-]C(C)C=C1C.C[Si](C)=[Hf+2]. The van der Waals surface area contributed by atoms with Crippen LogP contribution in [-0.2, 0) is 23.0 Å². The maximum atomic E-state index is 3.29. The molecule has 0 saturated heterocycles. The van der Waals surface area contributed by atoms with Gasteiger partial charge in [-0.25, -0.2) is 22.8 Å². The summed E-state index contributed by atoms with van der Waals surface area (Å²) in [6.07, 6.45) is 11.0. The molecule has 2 unspecified atom stereocenters. The van der Waals surface area contributed by atoms with Gasteiger partial charge in [-0.15, -0.1) is 6.92 Å². The van der Waals surface area contributed by atoms with Crippen molar-refractivity contribution in [2.45, 2.75) is 54.6 Å². The molecule has 0 heterocycles. The van der Waals surface area contributed by atoms with E-state index in [9.17, 15) is 0 Å². The van der Waals surface area contributed by atoms with E-state index in [4.69, 9.17) is 0 Å². The Kier molecular flexibility index (Phi) is 9.91. The molecule has 0 aromatic heterocycles. The topological polar surface area (TPSA) is 0 Å². The molecule has 2 aliphatic rings. The second-order valence-electron chi connectivity index (χ2n) is 5.85. The summed E-state index contributed by atoms with van der Waals surface area (Å²) in [5, 5.41) is 0. The summed E-state index contributed by atoms with van der Waals surface area (Å²) in [5.41, 5.74) is 5.68. The third-order valence-corrected chi connectivity index (χ3v) is 3.11. The molecule has 0 N–H and O–H groups in total. The van der Waals surface area contributed by atoms with Crippen molar-refractivity contribution in [2.24, 2.45) is 11.8 Å². The molecule has 0 amide bonds. The summed E-state index contributed by atoms with van der Waals surface area (Å²) < 4.78 is 0. The van der Waals surface area contributed by atoms with Crippen LogP contribution < -0.4 is 0 Å². The Morgan fingerprint density at radius 2 is 1.55 bits per heavy atom. The Balaban J connectivity index is 0.000000289. The Labute approximate surface area is 141 Å². The Morgan fingerprint density at radius 1 is 1.05 bits per heavy atom. The number of rotatable bonds is 0. The van der Waals surface area contributed by atoms with Crippen LogP contribution in [0.1, 0.15) is 41.5 Å². The number of hydrogen-bond acceptors (Lipinski definition) is 0. The molecule has 0 radical (unpaired) electrons. The van der Waals surface area contributed by atoms with Gasteiger partial charge in [-0.1, -0.05) is 46.5 Å². The monoisotopic (exact) mass is 452 g/mol. The summed E-state index contributed by atoms with van der Waals surface area (Å²) in [6, 6.07) is 0. The van der Waals surface area contributed by atoms with Gasteiger partial charge >= 0.3 is 41.6 Å². The van der Waals surface area contributed by atoms with Gasteiger partial charge in [0, 0.05) is 0 Å². The van der Waals surface area contributed by atoms with Crippen molar-refractivity contribution in [2.75, 3.05) is 0 Å². The number of allylic oxidation sites excluding steroid dienone is 8. The van der Waals surface area contributed by atoms with E-state index in [-0.39, 0.29) is 5.49 Å². The van der Waals surface area contributed by atoms with Gasteiger partial charge in [0.05, 0.1) is 0 Å². The molecule has 2 heteroatoms. The maximum absolute atomic E-state index is 3.29. The molecule has 108 valence electrons. The van der Waals surface area contributed by atoms with Gasteiger partial charge in [-0.3, -0.25) is 12.2 Å². The summed E-state index contributed by atoms with van der Waals surface area (Å²) in [5.74, 6) is 1.12. The molecule has 0 aliphatic heterocycles. The molecule has 0 nitrogen and oxygen atoms in total. The first-order valence-electron chi connectivity index (χ1n) is 7.22. The second-order valence-corrected chi connectivity index (χ2v) is 18.6. The fourth-order valence-corrected chi connectivity index (χ4v) is 1.96. The van der Waals surface area contributed by atoms with E-state index in [0.29, 0.717) is 11.8 Å². The molecular weight excluding hydrogens is 423 g/mol. The molecule has 0 aromatic carbocycles. The van der Waals surface area contributed by atoms with Gasteiger partial charge in [-0.05, 0) is 0 Å². The third kappa shape index (κ3) is 9.07. The summed E-state index contributed by atoms with van der Waals surface area (Å²) in [4.78, 5) is 0. The average molecular weight is 451 g/mol. The van der Waals surface area contributed by atoms with E-state index in [0.717, 1.165) is 0 Å². The molecule has 0 fully saturated rings. The van der Waals surface area contributed by atoms with E-state index in [1.165, 1.54) is 45.3 Å². The molecule has 2 aliphatic carbocycles. The van der Waals surface area contributed by atoms with E-state index in [1.54, 1.807) is 0 Å². The van der Waals surface area contributed by atoms with Crippen molar-refractivity contribution < 1.29 is 23.0 Å². The minimum absolute atomic E-state index is 0.259. The van der Waals surface area contributed by atoms with Crippen LogP contribution in [0.25, 0.3) is 0 Å². The molecule has 0 spiro atoms. The minimum atomic E-state index is 0.259. The van der Waals surface area contributed by atoms with Crippen LogP contribution in [0.3, 0.4) is 0 Å². The predicted octanol–water partition coefficient (Wildman–Crippen LogP) is 5.45. The van der Waals surface area contributed by atoms with Gasteiger partial charge < -0.3 is 0 Å². The first kappa shape index (κ1) is 20.0. The molecular formula is C18H28HfSi. The Bertz CT molecular complexity index is 442. The molecule has 20 heavy (non-hydrogen) atoms. The van der Waals surface area contributed by atoms with Gasteiger partial charge in [-0.2, -0.15) is 11.6 Å². The van der Waals surface area contributed by atoms with Crippen molar-refractivity contribution in [3.8, 4) is 0 Å². The summed E-state index contributed by atoms with van der Waals surface area (Å²) >= 11 is 1.45. The first-order valence-corrected chi connectivity index (χ1v) is 15.1. The van der Waals surface area contributed by atoms with Crippen LogP contribution in [-0.4, -0.2) is 5.49 Å². The van der Waals surface area contributed by atoms with E-state index < -0.39 is 0 Å². The standard InChI is InChI=1S/2C8H11.C2H6Si.Hf/c2*1-6-4-7(2)8(3)5-6;1-3-2;/h4,8H,1-3H3;4,6H,1-3H3;1-2H3;/q2*-1;;+2. The van der Waals surface area contributed by atoms with Crippen molar-refractivity contribution >= 4 is 5.49 Å². The Hall–Kier alpha value is 0.0470. The fourth-order valence-electron chi connectivity index (χ4n) is 1.96. The fraction of sp³-hybridized carbons (Fsp3) is 0.556. The predicted molar refractivity (Wildman–Crippen MR) is 88.2 cm³/mol. The van der Waals surface area contributed by atoms with Gasteiger partial charge in [0.2, 0.25) is 0 Å². The molecule has 0 saturated carbocycles. The van der Waals surface area contributed by atoms with Gasteiger partial charge in [0.15, 0.2) is 0 Å². The van der Waals surface area contributed by atoms with Crippen LogP contribution >= 0.6 is 0 Å². The quantitative estimate of drug-likeness (QED) is 0.340. The zero-order chi connectivity index (χ0) is 15.9. The van der Waals surface area contributed by atoms with Crippen molar-refractivity contribution in [1.82, 2.24) is 0 Å². The van der Waals surface area contributed by atoms with E-state index >= 15 is 0 Å². The summed E-state index contributed by atoms with van der Waals surface area (Å²) in [7, 11) is 0. The van der Waals surface area contributed by atoms with Crippen LogP contribution in [0.4, 0.5) is 0 Å². The van der Waals surface area contributed by atoms with Crippen LogP contribution in [0.2, 0.25) is 13.1 Å². The molecule has 2 atom stereocenters. The van der Waals surface area contributed by atoms with Gasteiger partial charge in [0.1, 0.15) is 0 Å². The van der Waals surface area contributed by atoms with Crippen molar-refractivity contribution in [3.63, 3.8) is 0 Å². The third-order valence-electron chi connectivity index (χ3n) is 3.11. The molecule has 0 bridgehead atoms. The van der Waals surface area contributed by atoms with Gasteiger partial charge in [0.25, 0.3) is 0 Å². The Morgan fingerprint density at radius 3 is 1.65 bits per heavy atom. The normalized spacial score (nSPS) is 23.5. The second kappa shape index (κ2) is 9.89. The first-order chi connectivity index (χ1) is 9.13. The van der Waals surface area contributed by atoms with Crippen LogP contribution in [0, 0.1) is 24.0 Å². The average Bonchev–Trinajstić information content (AvgIpc) is 2.70. The van der Waals surface area contributed by atoms with E-state index in [1.807, 2.05) is 0 Å². The van der Waals surface area contributed by atoms with Crippen LogP contribution in [0.15, 0.2) is 34.4 Å². The van der Waals surface area contributed by atoms with Crippen LogP contribution in [0.5, 0.6) is 0 Å². The zero-order valence-corrected chi connectivity index (χ0v) is 18.9. The van der Waals surface area contributed by atoms with E-state index in [2.05, 4.69) is 78.9 Å². The van der Waals surface area contributed by atoms with Crippen molar-refractivity contribution in [3.05, 3.63) is 46.6 Å². The molecule has 2 rings (SSSR count). The zero-order valence-electron chi connectivity index (χ0n) is 14.3.